The summed E-state index contributed by atoms with van der Waals surface area (Å²) in [6, 6.07) is 19.8. The van der Waals surface area contributed by atoms with Gasteiger partial charge in [-0.3, -0.25) is 9.59 Å². The van der Waals surface area contributed by atoms with E-state index in [9.17, 15) is 14.0 Å². The minimum atomic E-state index is -0.652. The lowest BCUT2D eigenvalue weighted by molar-refractivity contribution is -0.120. The zero-order chi connectivity index (χ0) is 20.5. The second-order valence-electron chi connectivity index (χ2n) is 6.60. The number of nitrogens with zero attached hydrogens (tertiary/aromatic N) is 1. The number of rotatable bonds is 4. The number of benzene rings is 3. The fourth-order valence-corrected chi connectivity index (χ4v) is 3.37. The summed E-state index contributed by atoms with van der Waals surface area (Å²) in [6.07, 6.45) is 0. The van der Waals surface area contributed by atoms with E-state index < -0.39 is 17.6 Å². The standard InChI is InChI=1S/C23H16ClFN2O2/c1-14-11-12-16(13-17(14)24)26-21-20(15-7-3-2-4-8-15)22(28)27(23(21)29)19-10-6-5-9-18(19)25/h2-13,26H,1H3. The van der Waals surface area contributed by atoms with Gasteiger partial charge in [-0.15, -0.1) is 0 Å². The van der Waals surface area contributed by atoms with E-state index in [1.807, 2.05) is 19.1 Å². The molecular formula is C23H16ClFN2O2. The van der Waals surface area contributed by atoms with Crippen molar-refractivity contribution in [3.8, 4) is 0 Å². The van der Waals surface area contributed by atoms with Crippen molar-refractivity contribution in [2.45, 2.75) is 6.92 Å². The number of anilines is 2. The molecule has 0 fully saturated rings. The van der Waals surface area contributed by atoms with Crippen LogP contribution in [0.5, 0.6) is 0 Å². The molecule has 0 radical (unpaired) electrons. The molecule has 0 unspecified atom stereocenters. The predicted molar refractivity (Wildman–Crippen MR) is 112 cm³/mol. The molecule has 0 aromatic heterocycles. The number of carbonyl (C=O) groups is 2. The summed E-state index contributed by atoms with van der Waals surface area (Å²) < 4.78 is 14.4. The highest BCUT2D eigenvalue weighted by Gasteiger charge is 2.41. The zero-order valence-corrected chi connectivity index (χ0v) is 16.2. The fourth-order valence-electron chi connectivity index (χ4n) is 3.19. The third kappa shape index (κ3) is 3.41. The van der Waals surface area contributed by atoms with Gasteiger partial charge in [-0.05, 0) is 42.3 Å². The Morgan fingerprint density at radius 2 is 1.59 bits per heavy atom. The van der Waals surface area contributed by atoms with Crippen LogP contribution < -0.4 is 10.2 Å². The van der Waals surface area contributed by atoms with E-state index in [0.29, 0.717) is 16.3 Å². The summed E-state index contributed by atoms with van der Waals surface area (Å²) >= 11 is 6.20. The van der Waals surface area contributed by atoms with Gasteiger partial charge >= 0.3 is 0 Å². The topological polar surface area (TPSA) is 49.4 Å². The molecule has 0 atom stereocenters. The quantitative estimate of drug-likeness (QED) is 0.607. The molecule has 3 aromatic carbocycles. The van der Waals surface area contributed by atoms with Gasteiger partial charge in [0.05, 0.1) is 11.3 Å². The summed E-state index contributed by atoms with van der Waals surface area (Å²) in [5.41, 5.74) is 2.16. The van der Waals surface area contributed by atoms with E-state index in [2.05, 4.69) is 5.32 Å². The smallest absolute Gasteiger partial charge is 0.282 e. The Morgan fingerprint density at radius 1 is 0.897 bits per heavy atom. The first-order valence-electron chi connectivity index (χ1n) is 8.93. The molecule has 6 heteroatoms. The Labute approximate surface area is 172 Å². The van der Waals surface area contributed by atoms with Crippen LogP contribution in [0, 0.1) is 12.7 Å². The summed E-state index contributed by atoms with van der Waals surface area (Å²) in [5, 5.41) is 3.54. The molecule has 1 aliphatic heterocycles. The predicted octanol–water partition coefficient (Wildman–Crippen LogP) is 5.18. The number of hydrogen-bond donors (Lipinski definition) is 1. The number of aryl methyl sites for hydroxylation is 1. The van der Waals surface area contributed by atoms with Crippen LogP contribution in [0.25, 0.3) is 5.57 Å². The molecule has 0 aliphatic carbocycles. The van der Waals surface area contributed by atoms with Crippen molar-refractivity contribution < 1.29 is 14.0 Å². The average Bonchev–Trinajstić information content (AvgIpc) is 2.96. The Morgan fingerprint density at radius 3 is 2.28 bits per heavy atom. The summed E-state index contributed by atoms with van der Waals surface area (Å²) in [7, 11) is 0. The molecule has 1 heterocycles. The highest BCUT2D eigenvalue weighted by atomic mass is 35.5. The van der Waals surface area contributed by atoms with Gasteiger partial charge in [-0.2, -0.15) is 0 Å². The maximum Gasteiger partial charge on any atom is 0.282 e. The Kier molecular flexibility index (Phi) is 4.91. The lowest BCUT2D eigenvalue weighted by Gasteiger charge is -2.16. The highest BCUT2D eigenvalue weighted by Crippen LogP contribution is 2.35. The Bertz CT molecular complexity index is 1160. The van der Waals surface area contributed by atoms with Gasteiger partial charge in [0.2, 0.25) is 0 Å². The number of halogens is 2. The van der Waals surface area contributed by atoms with Crippen molar-refractivity contribution in [1.29, 1.82) is 0 Å². The van der Waals surface area contributed by atoms with Gasteiger partial charge in [0.25, 0.3) is 11.8 Å². The van der Waals surface area contributed by atoms with Gasteiger partial charge in [0.1, 0.15) is 11.5 Å². The Hall–Kier alpha value is -3.44. The van der Waals surface area contributed by atoms with E-state index in [-0.39, 0.29) is 17.0 Å². The second kappa shape index (κ2) is 7.53. The van der Waals surface area contributed by atoms with Crippen molar-refractivity contribution in [2.75, 3.05) is 10.2 Å². The third-order valence-corrected chi connectivity index (χ3v) is 5.09. The van der Waals surface area contributed by atoms with Crippen LogP contribution in [-0.2, 0) is 9.59 Å². The number of hydrogen-bond acceptors (Lipinski definition) is 3. The zero-order valence-electron chi connectivity index (χ0n) is 15.4. The molecule has 144 valence electrons. The van der Waals surface area contributed by atoms with Crippen LogP contribution in [0.3, 0.4) is 0 Å². The SMILES string of the molecule is Cc1ccc(NC2=C(c3ccccc3)C(=O)N(c3ccccc3F)C2=O)cc1Cl. The molecule has 4 rings (SSSR count). The molecule has 29 heavy (non-hydrogen) atoms. The van der Waals surface area contributed by atoms with E-state index >= 15 is 0 Å². The minimum absolute atomic E-state index is 0.0735. The van der Waals surface area contributed by atoms with Crippen LogP contribution in [-0.4, -0.2) is 11.8 Å². The van der Waals surface area contributed by atoms with Crippen LogP contribution in [0.4, 0.5) is 15.8 Å². The first-order valence-corrected chi connectivity index (χ1v) is 9.31. The lowest BCUT2D eigenvalue weighted by atomic mass is 10.0. The summed E-state index contributed by atoms with van der Waals surface area (Å²) in [5.74, 6) is -1.87. The first kappa shape index (κ1) is 18.9. The van der Waals surface area contributed by atoms with Gasteiger partial charge < -0.3 is 5.32 Å². The van der Waals surface area contributed by atoms with E-state index in [1.54, 1.807) is 42.5 Å². The van der Waals surface area contributed by atoms with Crippen molar-refractivity contribution in [3.05, 3.63) is 100 Å². The van der Waals surface area contributed by atoms with Crippen LogP contribution in [0.1, 0.15) is 11.1 Å². The van der Waals surface area contributed by atoms with Crippen LogP contribution >= 0.6 is 11.6 Å². The maximum atomic E-state index is 14.4. The lowest BCUT2D eigenvalue weighted by Crippen LogP contribution is -2.33. The molecule has 4 nitrogen and oxygen atoms in total. The second-order valence-corrected chi connectivity index (χ2v) is 7.01. The van der Waals surface area contributed by atoms with Crippen molar-refractivity contribution in [3.63, 3.8) is 0 Å². The third-order valence-electron chi connectivity index (χ3n) is 4.68. The van der Waals surface area contributed by atoms with Gasteiger partial charge in [-0.25, -0.2) is 9.29 Å². The van der Waals surface area contributed by atoms with E-state index in [0.717, 1.165) is 10.5 Å². The Balaban J connectivity index is 1.84. The van der Waals surface area contributed by atoms with Crippen molar-refractivity contribution in [1.82, 2.24) is 0 Å². The highest BCUT2D eigenvalue weighted by molar-refractivity contribution is 6.46. The van der Waals surface area contributed by atoms with Crippen LogP contribution in [0.2, 0.25) is 5.02 Å². The molecule has 2 amide bonds. The molecule has 3 aromatic rings. The van der Waals surface area contributed by atoms with Gasteiger partial charge in [-0.1, -0.05) is 60.1 Å². The minimum Gasteiger partial charge on any atom is -0.350 e. The summed E-state index contributed by atoms with van der Waals surface area (Å²) in [6.45, 7) is 1.87. The van der Waals surface area contributed by atoms with Crippen molar-refractivity contribution in [2.24, 2.45) is 0 Å². The maximum absolute atomic E-state index is 14.4. The first-order chi connectivity index (χ1) is 14.0. The molecular weight excluding hydrogens is 391 g/mol. The monoisotopic (exact) mass is 406 g/mol. The number of nitrogens with one attached hydrogen (secondary N) is 1. The number of para-hydroxylation sites is 1. The fraction of sp³-hybridized carbons (Fsp3) is 0.0435. The van der Waals surface area contributed by atoms with E-state index in [4.69, 9.17) is 11.6 Å². The summed E-state index contributed by atoms with van der Waals surface area (Å²) in [4.78, 5) is 27.3. The van der Waals surface area contributed by atoms with Gasteiger partial charge in [0, 0.05) is 10.7 Å². The van der Waals surface area contributed by atoms with E-state index in [1.165, 1.54) is 18.2 Å². The number of carbonyl (C=O) groups excluding carboxylic acids is 2. The van der Waals surface area contributed by atoms with Crippen LogP contribution in [0.15, 0.2) is 78.5 Å². The van der Waals surface area contributed by atoms with Gasteiger partial charge in [0.15, 0.2) is 0 Å². The molecule has 1 aliphatic rings. The number of amides is 2. The largest absolute Gasteiger partial charge is 0.350 e. The number of imide groups is 1. The molecule has 0 spiro atoms. The average molecular weight is 407 g/mol. The molecule has 0 saturated carbocycles. The molecule has 0 bridgehead atoms. The molecule has 0 saturated heterocycles. The van der Waals surface area contributed by atoms with Crippen molar-refractivity contribution >= 4 is 40.4 Å². The molecule has 1 N–H and O–H groups in total. The normalized spacial score (nSPS) is 14.0.